The molecule has 2 aliphatic rings. The van der Waals surface area contributed by atoms with Crippen molar-refractivity contribution in [3.63, 3.8) is 0 Å². The molecule has 2 aromatic rings. The van der Waals surface area contributed by atoms with E-state index in [1.165, 1.54) is 70.3 Å². The molecule has 2 saturated carbocycles. The fourth-order valence-electron chi connectivity index (χ4n) is 6.57. The van der Waals surface area contributed by atoms with Gasteiger partial charge >= 0.3 is 12.2 Å². The predicted octanol–water partition coefficient (Wildman–Crippen LogP) is 11.6. The van der Waals surface area contributed by atoms with Crippen molar-refractivity contribution in [2.24, 2.45) is 23.7 Å². The van der Waals surface area contributed by atoms with Gasteiger partial charge in [-0.05, 0) is 79.9 Å². The number of alkyl halides is 2. The quantitative estimate of drug-likeness (QED) is 0.135. The highest BCUT2D eigenvalue weighted by Gasteiger charge is 2.38. The van der Waals surface area contributed by atoms with Gasteiger partial charge < -0.3 is 9.47 Å². The molecule has 9 heteroatoms. The van der Waals surface area contributed by atoms with Crippen molar-refractivity contribution in [2.45, 2.75) is 90.1 Å². The van der Waals surface area contributed by atoms with Gasteiger partial charge in [0.25, 0.3) is 0 Å². The zero-order valence-corrected chi connectivity index (χ0v) is 24.4. The molecule has 0 heterocycles. The molecular weight excluding hydrogens is 573 g/mol. The molecule has 0 N–H and O–H groups in total. The second-order valence-electron chi connectivity index (χ2n) is 11.9. The van der Waals surface area contributed by atoms with Gasteiger partial charge in [0.1, 0.15) is 11.6 Å². The summed E-state index contributed by atoms with van der Waals surface area (Å²) in [4.78, 5) is 0. The standard InChI is InChI=1S/C34H39F7O2/c1-2-3-4-5-22-8-13-25(14-9-22)26-15-10-23(11-16-26)6-7-24-12-17-28(29(35)18-24)34(40,41)43-27-19-30(36)33(31(37)20-27)42-21-32(38)39/h6-7,12,17-23,25-26H,2-5,8-11,13-16H2,1H3. The first-order valence-electron chi connectivity index (χ1n) is 15.3. The SMILES string of the molecule is CCCCCC1CCC(C2CCC(C=Cc3ccc(C(F)(F)Oc4cc(F)c(OC=C(F)F)c(F)c4)c(F)c3)CC2)CC1. The minimum absolute atomic E-state index is 0.200. The molecule has 43 heavy (non-hydrogen) atoms. The maximum Gasteiger partial charge on any atom is 0.429 e. The van der Waals surface area contributed by atoms with Crippen molar-refractivity contribution in [1.82, 2.24) is 0 Å². The third-order valence-corrected chi connectivity index (χ3v) is 8.94. The highest BCUT2D eigenvalue weighted by molar-refractivity contribution is 5.51. The monoisotopic (exact) mass is 612 g/mol. The number of unbranched alkanes of at least 4 members (excludes halogenated alkanes) is 2. The fourth-order valence-corrected chi connectivity index (χ4v) is 6.57. The highest BCUT2D eigenvalue weighted by Crippen LogP contribution is 2.43. The lowest BCUT2D eigenvalue weighted by atomic mass is 9.68. The molecule has 0 atom stereocenters. The molecule has 0 aromatic heterocycles. The second-order valence-corrected chi connectivity index (χ2v) is 11.9. The maximum absolute atomic E-state index is 14.7. The van der Waals surface area contributed by atoms with Crippen LogP contribution in [0.2, 0.25) is 0 Å². The summed E-state index contributed by atoms with van der Waals surface area (Å²) < 4.78 is 105. The van der Waals surface area contributed by atoms with E-state index in [9.17, 15) is 30.7 Å². The smallest absolute Gasteiger partial charge is 0.429 e. The molecule has 4 rings (SSSR count). The van der Waals surface area contributed by atoms with Gasteiger partial charge in [0.05, 0.1) is 5.56 Å². The summed E-state index contributed by atoms with van der Waals surface area (Å²) in [6, 6.07) is 3.82. The van der Waals surface area contributed by atoms with E-state index in [4.69, 9.17) is 0 Å². The Morgan fingerprint density at radius 3 is 2.05 bits per heavy atom. The molecule has 2 aliphatic carbocycles. The molecule has 0 spiro atoms. The molecule has 0 radical (unpaired) electrons. The summed E-state index contributed by atoms with van der Waals surface area (Å²) >= 11 is 0. The molecule has 2 fully saturated rings. The van der Waals surface area contributed by atoms with E-state index in [2.05, 4.69) is 16.4 Å². The molecule has 0 saturated heterocycles. The average Bonchev–Trinajstić information content (AvgIpc) is 2.96. The average molecular weight is 613 g/mol. The Kier molecular flexibility index (Phi) is 11.6. The van der Waals surface area contributed by atoms with E-state index in [0.29, 0.717) is 23.6 Å². The van der Waals surface area contributed by atoms with E-state index in [1.54, 1.807) is 6.08 Å². The zero-order chi connectivity index (χ0) is 31.0. The second kappa shape index (κ2) is 15.2. The van der Waals surface area contributed by atoms with Crippen molar-refractivity contribution in [1.29, 1.82) is 0 Å². The molecule has 0 aliphatic heterocycles. The van der Waals surface area contributed by atoms with Crippen LogP contribution in [0.4, 0.5) is 30.7 Å². The normalized spacial score (nSPS) is 22.9. The molecule has 0 amide bonds. The Morgan fingerprint density at radius 1 is 0.837 bits per heavy atom. The first-order chi connectivity index (χ1) is 20.6. The summed E-state index contributed by atoms with van der Waals surface area (Å²) in [7, 11) is 0. The van der Waals surface area contributed by atoms with E-state index < -0.39 is 46.7 Å². The van der Waals surface area contributed by atoms with Crippen LogP contribution in [0.5, 0.6) is 11.5 Å². The summed E-state index contributed by atoms with van der Waals surface area (Å²) in [5.74, 6) is -3.71. The van der Waals surface area contributed by atoms with Crippen LogP contribution in [0.25, 0.3) is 6.08 Å². The summed E-state index contributed by atoms with van der Waals surface area (Å²) in [5, 5.41) is 0. The fraction of sp³-hybridized carbons (Fsp3) is 0.529. The predicted molar refractivity (Wildman–Crippen MR) is 152 cm³/mol. The van der Waals surface area contributed by atoms with Gasteiger partial charge in [0, 0.05) is 12.1 Å². The number of halogens is 7. The van der Waals surface area contributed by atoms with Crippen LogP contribution in [0.1, 0.15) is 95.1 Å². The Bertz CT molecular complexity index is 1230. The number of hydrogen-bond donors (Lipinski definition) is 0. The highest BCUT2D eigenvalue weighted by atomic mass is 19.3. The topological polar surface area (TPSA) is 18.5 Å². The van der Waals surface area contributed by atoms with Crippen LogP contribution >= 0.6 is 0 Å². The molecule has 2 nitrogen and oxygen atoms in total. The third-order valence-electron chi connectivity index (χ3n) is 8.94. The van der Waals surface area contributed by atoms with Gasteiger partial charge in [-0.3, -0.25) is 0 Å². The first-order valence-corrected chi connectivity index (χ1v) is 15.3. The van der Waals surface area contributed by atoms with Crippen molar-refractivity contribution < 1.29 is 40.2 Å². The zero-order valence-electron chi connectivity index (χ0n) is 24.4. The summed E-state index contributed by atoms with van der Waals surface area (Å²) in [6.45, 7) is 2.25. The number of rotatable bonds is 12. The third kappa shape index (κ3) is 9.26. The lowest BCUT2D eigenvalue weighted by Gasteiger charge is -2.37. The Morgan fingerprint density at radius 2 is 1.47 bits per heavy atom. The Balaban J connectivity index is 1.29. The van der Waals surface area contributed by atoms with Gasteiger partial charge in [-0.25, -0.2) is 13.2 Å². The minimum Gasteiger partial charge on any atom is -0.453 e. The summed E-state index contributed by atoms with van der Waals surface area (Å²) in [5.41, 5.74) is -0.707. The van der Waals surface area contributed by atoms with Crippen molar-refractivity contribution in [2.75, 3.05) is 0 Å². The van der Waals surface area contributed by atoms with E-state index >= 15 is 0 Å². The van der Waals surface area contributed by atoms with Crippen LogP contribution in [0.15, 0.2) is 48.8 Å². The van der Waals surface area contributed by atoms with Crippen molar-refractivity contribution in [3.8, 4) is 11.5 Å². The van der Waals surface area contributed by atoms with Crippen LogP contribution in [0.3, 0.4) is 0 Å². The number of hydrogen-bond acceptors (Lipinski definition) is 2. The maximum atomic E-state index is 14.7. The minimum atomic E-state index is -4.27. The molecule has 0 bridgehead atoms. The largest absolute Gasteiger partial charge is 0.453 e. The number of ether oxygens (including phenoxy) is 2. The first kappa shape index (κ1) is 32.9. The van der Waals surface area contributed by atoms with Crippen molar-refractivity contribution >= 4 is 6.08 Å². The number of benzene rings is 2. The van der Waals surface area contributed by atoms with Crippen LogP contribution in [-0.2, 0) is 6.11 Å². The molecular formula is C34H39F7O2. The van der Waals surface area contributed by atoms with Gasteiger partial charge in [0.15, 0.2) is 23.6 Å². The molecule has 2 aromatic carbocycles. The molecule has 0 unspecified atom stereocenters. The van der Waals surface area contributed by atoms with E-state index in [1.807, 2.05) is 6.08 Å². The van der Waals surface area contributed by atoms with Crippen LogP contribution < -0.4 is 9.47 Å². The van der Waals surface area contributed by atoms with E-state index in [0.717, 1.165) is 42.7 Å². The van der Waals surface area contributed by atoms with Gasteiger partial charge in [-0.15, -0.1) is 0 Å². The molecule has 236 valence electrons. The van der Waals surface area contributed by atoms with Gasteiger partial charge in [0.2, 0.25) is 0 Å². The van der Waals surface area contributed by atoms with Gasteiger partial charge in [-0.2, -0.15) is 17.6 Å². The van der Waals surface area contributed by atoms with E-state index in [-0.39, 0.29) is 6.26 Å². The van der Waals surface area contributed by atoms with Crippen molar-refractivity contribution in [3.05, 3.63) is 77.3 Å². The van der Waals surface area contributed by atoms with Crippen LogP contribution in [-0.4, -0.2) is 0 Å². The Labute approximate surface area is 249 Å². The van der Waals surface area contributed by atoms with Crippen LogP contribution in [0, 0.1) is 41.1 Å². The lowest BCUT2D eigenvalue weighted by Crippen LogP contribution is -2.25. The Hall–Kier alpha value is -2.97. The van der Waals surface area contributed by atoms with Gasteiger partial charge in [-0.1, -0.05) is 63.7 Å². The number of allylic oxidation sites excluding steroid dienone is 1. The summed E-state index contributed by atoms with van der Waals surface area (Å²) in [6.07, 6.45) is 12.1. The lowest BCUT2D eigenvalue weighted by molar-refractivity contribution is -0.187.